The topological polar surface area (TPSA) is 138 Å². The zero-order chi connectivity index (χ0) is 38.8. The minimum atomic E-state index is -0.546. The van der Waals surface area contributed by atoms with Crippen molar-refractivity contribution in [3.63, 3.8) is 0 Å². The molecule has 5 rings (SSSR count). The number of furan rings is 1. The van der Waals surface area contributed by atoms with Gasteiger partial charge in [0.05, 0.1) is 41.4 Å². The van der Waals surface area contributed by atoms with Crippen LogP contribution in [0.4, 0.5) is 4.79 Å². The second kappa shape index (κ2) is 18.5. The SMILES string of the molecule is COc1cc(Cl)c(C(=O)N[C@@H](CNC2CCC(NC(=O)OC(C)(C)C)CC2)Cc2ccc(C#N)cc2)cc1-c1ccc(CN[C@H](C)c2ccc(C)cc2)o1. The molecular formula is C43H52ClN5O5. The second-order valence-electron chi connectivity index (χ2n) is 15.1. The van der Waals surface area contributed by atoms with Crippen LogP contribution in [-0.4, -0.2) is 49.4 Å². The first-order valence-corrected chi connectivity index (χ1v) is 19.0. The van der Waals surface area contributed by atoms with E-state index in [0.717, 1.165) is 37.0 Å². The molecular weight excluding hydrogens is 702 g/mol. The number of methoxy groups -OCH3 is 1. The van der Waals surface area contributed by atoms with E-state index < -0.39 is 11.7 Å². The van der Waals surface area contributed by atoms with Gasteiger partial charge >= 0.3 is 6.09 Å². The molecule has 3 aromatic carbocycles. The first-order valence-electron chi connectivity index (χ1n) is 18.6. The van der Waals surface area contributed by atoms with Gasteiger partial charge in [-0.25, -0.2) is 4.79 Å². The molecule has 0 saturated heterocycles. The number of nitriles is 1. The minimum absolute atomic E-state index is 0.0576. The number of hydrogen-bond acceptors (Lipinski definition) is 8. The predicted octanol–water partition coefficient (Wildman–Crippen LogP) is 8.41. The average molecular weight is 754 g/mol. The zero-order valence-corrected chi connectivity index (χ0v) is 32.8. The van der Waals surface area contributed by atoms with Crippen LogP contribution in [0.5, 0.6) is 5.75 Å². The minimum Gasteiger partial charge on any atom is -0.496 e. The maximum Gasteiger partial charge on any atom is 0.407 e. The molecule has 10 nitrogen and oxygen atoms in total. The summed E-state index contributed by atoms with van der Waals surface area (Å²) in [4.78, 5) is 26.3. The Hall–Kier alpha value is -4.82. The number of amides is 2. The lowest BCUT2D eigenvalue weighted by molar-refractivity contribution is 0.0489. The molecule has 1 fully saturated rings. The number of carbonyl (C=O) groups is 2. The van der Waals surface area contributed by atoms with Crippen molar-refractivity contribution in [2.45, 2.75) is 103 Å². The Kier molecular flexibility index (Phi) is 13.8. The Bertz CT molecular complexity index is 1900. The van der Waals surface area contributed by atoms with Crippen LogP contribution in [0.1, 0.15) is 97.8 Å². The van der Waals surface area contributed by atoms with Crippen molar-refractivity contribution in [3.05, 3.63) is 111 Å². The van der Waals surface area contributed by atoms with E-state index in [1.54, 1.807) is 31.4 Å². The summed E-state index contributed by atoms with van der Waals surface area (Å²) < 4.78 is 17.3. The standard InChI is InChI=1S/C43H52ClN5O5/c1-27-7-13-31(14-8-27)28(2)46-26-35-19-20-39(53-35)37-22-36(38(44)23-40(37)52-6)41(50)48-34(21-29-9-11-30(24-45)12-10-29)25-47-32-15-17-33(18-16-32)49-42(51)54-43(3,4)5/h7-14,19-20,22-23,28,32-34,46-47H,15-18,21,25-26H2,1-6H3,(H,48,50)(H,49,51)/t28-,32?,33?,34-/m1/s1. The van der Waals surface area contributed by atoms with Gasteiger partial charge in [-0.2, -0.15) is 5.26 Å². The third-order valence-electron chi connectivity index (χ3n) is 9.62. The van der Waals surface area contributed by atoms with E-state index in [1.807, 2.05) is 45.0 Å². The number of hydrogen-bond donors (Lipinski definition) is 4. The lowest BCUT2D eigenvalue weighted by Gasteiger charge is -2.31. The third-order valence-corrected chi connectivity index (χ3v) is 9.93. The highest BCUT2D eigenvalue weighted by molar-refractivity contribution is 6.34. The van der Waals surface area contributed by atoms with Crippen LogP contribution in [0.15, 0.2) is 77.2 Å². The fourth-order valence-electron chi connectivity index (χ4n) is 6.60. The van der Waals surface area contributed by atoms with E-state index in [9.17, 15) is 14.9 Å². The van der Waals surface area contributed by atoms with Crippen LogP contribution in [-0.2, 0) is 17.7 Å². The smallest absolute Gasteiger partial charge is 0.407 e. The van der Waals surface area contributed by atoms with Gasteiger partial charge in [-0.3, -0.25) is 4.79 Å². The van der Waals surface area contributed by atoms with E-state index in [-0.39, 0.29) is 35.1 Å². The molecule has 1 heterocycles. The molecule has 4 N–H and O–H groups in total. The Morgan fingerprint density at radius 2 is 1.67 bits per heavy atom. The number of ether oxygens (including phenoxy) is 2. The van der Waals surface area contributed by atoms with Crippen molar-refractivity contribution < 1.29 is 23.5 Å². The van der Waals surface area contributed by atoms with Gasteiger partial charge in [-0.05, 0) is 108 Å². The van der Waals surface area contributed by atoms with Gasteiger partial charge < -0.3 is 35.2 Å². The quantitative estimate of drug-likeness (QED) is 0.101. The molecule has 4 aromatic rings. The lowest BCUT2D eigenvalue weighted by Crippen LogP contribution is -2.48. The maximum atomic E-state index is 14.0. The molecule has 0 unspecified atom stereocenters. The Balaban J connectivity index is 1.26. The molecule has 1 aromatic heterocycles. The van der Waals surface area contributed by atoms with E-state index in [0.29, 0.717) is 47.7 Å². The van der Waals surface area contributed by atoms with Crippen molar-refractivity contribution in [2.75, 3.05) is 13.7 Å². The molecule has 54 heavy (non-hydrogen) atoms. The molecule has 11 heteroatoms. The summed E-state index contributed by atoms with van der Waals surface area (Å²) in [6.07, 6.45) is 3.54. The van der Waals surface area contributed by atoms with Crippen molar-refractivity contribution in [3.8, 4) is 23.1 Å². The largest absolute Gasteiger partial charge is 0.496 e. The van der Waals surface area contributed by atoms with Gasteiger partial charge in [0.25, 0.3) is 5.91 Å². The summed E-state index contributed by atoms with van der Waals surface area (Å²) in [6, 6.07) is 25.3. The molecule has 2 amide bonds. The molecule has 0 radical (unpaired) electrons. The van der Waals surface area contributed by atoms with E-state index in [1.165, 1.54) is 11.1 Å². The predicted molar refractivity (Wildman–Crippen MR) is 212 cm³/mol. The van der Waals surface area contributed by atoms with E-state index >= 15 is 0 Å². The Morgan fingerprint density at radius 3 is 2.31 bits per heavy atom. The highest BCUT2D eigenvalue weighted by Gasteiger charge is 2.26. The van der Waals surface area contributed by atoms with Gasteiger partial charge in [-0.15, -0.1) is 0 Å². The lowest BCUT2D eigenvalue weighted by atomic mass is 9.91. The van der Waals surface area contributed by atoms with Gasteiger partial charge in [0.15, 0.2) is 0 Å². The van der Waals surface area contributed by atoms with Gasteiger partial charge in [0.2, 0.25) is 0 Å². The monoisotopic (exact) mass is 753 g/mol. The number of carbonyl (C=O) groups excluding carboxylic acids is 2. The van der Waals surface area contributed by atoms with Crippen LogP contribution in [0.25, 0.3) is 11.3 Å². The van der Waals surface area contributed by atoms with Crippen molar-refractivity contribution in [2.24, 2.45) is 0 Å². The van der Waals surface area contributed by atoms with Crippen molar-refractivity contribution in [1.82, 2.24) is 21.3 Å². The first-order chi connectivity index (χ1) is 25.8. The number of nitrogens with one attached hydrogen (secondary N) is 4. The summed E-state index contributed by atoms with van der Waals surface area (Å²) >= 11 is 6.71. The van der Waals surface area contributed by atoms with Crippen LogP contribution in [0, 0.1) is 18.3 Å². The summed E-state index contributed by atoms with van der Waals surface area (Å²) in [5.74, 6) is 1.47. The number of benzene rings is 3. The molecule has 1 aliphatic rings. The number of aryl methyl sites for hydroxylation is 1. The van der Waals surface area contributed by atoms with E-state index in [2.05, 4.69) is 65.4 Å². The fourth-order valence-corrected chi connectivity index (χ4v) is 6.84. The summed E-state index contributed by atoms with van der Waals surface area (Å²) in [6.45, 7) is 10.8. The summed E-state index contributed by atoms with van der Waals surface area (Å²) in [5.41, 5.74) is 4.34. The molecule has 0 spiro atoms. The molecule has 1 saturated carbocycles. The molecule has 0 aliphatic heterocycles. The Labute approximate surface area is 324 Å². The van der Waals surface area contributed by atoms with Crippen LogP contribution in [0.2, 0.25) is 5.02 Å². The van der Waals surface area contributed by atoms with Crippen LogP contribution >= 0.6 is 11.6 Å². The number of rotatable bonds is 14. The van der Waals surface area contributed by atoms with Gasteiger partial charge in [0, 0.05) is 36.8 Å². The molecule has 0 bridgehead atoms. The van der Waals surface area contributed by atoms with Crippen LogP contribution < -0.4 is 26.0 Å². The number of alkyl carbamates (subject to hydrolysis) is 1. The van der Waals surface area contributed by atoms with Crippen LogP contribution in [0.3, 0.4) is 0 Å². The Morgan fingerprint density at radius 1 is 0.981 bits per heavy atom. The van der Waals surface area contributed by atoms with Crippen molar-refractivity contribution >= 4 is 23.6 Å². The maximum absolute atomic E-state index is 14.0. The fraction of sp³-hybridized carbons (Fsp3) is 0.419. The third kappa shape index (κ3) is 11.6. The molecule has 1 aliphatic carbocycles. The zero-order valence-electron chi connectivity index (χ0n) is 32.1. The summed E-state index contributed by atoms with van der Waals surface area (Å²) in [7, 11) is 1.56. The highest BCUT2D eigenvalue weighted by atomic mass is 35.5. The average Bonchev–Trinajstić information content (AvgIpc) is 3.62. The second-order valence-corrected chi connectivity index (χ2v) is 15.5. The number of nitrogens with zero attached hydrogens (tertiary/aromatic N) is 1. The normalized spacial score (nSPS) is 16.9. The van der Waals surface area contributed by atoms with Gasteiger partial charge in [-0.1, -0.05) is 53.6 Å². The van der Waals surface area contributed by atoms with E-state index in [4.69, 9.17) is 25.5 Å². The first kappa shape index (κ1) is 40.4. The highest BCUT2D eigenvalue weighted by Crippen LogP contribution is 2.36. The summed E-state index contributed by atoms with van der Waals surface area (Å²) in [5, 5.41) is 22.9. The molecule has 2 atom stereocenters. The van der Waals surface area contributed by atoms with Gasteiger partial charge in [0.1, 0.15) is 22.9 Å². The van der Waals surface area contributed by atoms with Crippen molar-refractivity contribution in [1.29, 1.82) is 5.26 Å². The number of halogens is 1. The molecule has 286 valence electrons.